The number of esters is 2. The molecule has 11 nitrogen and oxygen atoms in total. The number of halogens is 1. The van der Waals surface area contributed by atoms with Gasteiger partial charge in [-0.3, -0.25) is 34.5 Å². The van der Waals surface area contributed by atoms with Crippen LogP contribution in [-0.4, -0.2) is 53.8 Å². The molecule has 2 unspecified atom stereocenters. The first kappa shape index (κ1) is 29.5. The molecule has 0 saturated carbocycles. The van der Waals surface area contributed by atoms with E-state index in [-0.39, 0.29) is 18.0 Å². The number of nitro benzene ring substituents is 1. The van der Waals surface area contributed by atoms with E-state index in [2.05, 4.69) is 25.8 Å². The fraction of sp³-hybridized carbons (Fsp3) is 0.310. The molecule has 0 radical (unpaired) electrons. The Kier molecular flexibility index (Phi) is 8.11. The number of aromatic nitrogens is 1. The van der Waals surface area contributed by atoms with Gasteiger partial charge in [-0.15, -0.1) is 23.1 Å². The molecule has 3 aromatic rings. The summed E-state index contributed by atoms with van der Waals surface area (Å²) in [6.07, 6.45) is 3.56. The average molecular weight is 686 g/mol. The number of hydrogen-bond acceptors (Lipinski definition) is 11. The summed E-state index contributed by atoms with van der Waals surface area (Å²) < 4.78 is 9.94. The molecule has 1 amide bonds. The van der Waals surface area contributed by atoms with Gasteiger partial charge < -0.3 is 9.47 Å². The van der Waals surface area contributed by atoms with Gasteiger partial charge in [0.25, 0.3) is 11.6 Å². The molecular weight excluding hydrogens is 660 g/mol. The first-order valence-electron chi connectivity index (χ1n) is 13.3. The number of nitrogens with zero attached hydrogens (tertiary/aromatic N) is 4. The number of alkyl halides is 1. The van der Waals surface area contributed by atoms with E-state index in [0.717, 1.165) is 42.1 Å². The Hall–Kier alpha value is -3.59. The molecule has 222 valence electrons. The van der Waals surface area contributed by atoms with Gasteiger partial charge in [-0.2, -0.15) is 0 Å². The van der Waals surface area contributed by atoms with Gasteiger partial charge in [-0.05, 0) is 47.4 Å². The minimum absolute atomic E-state index is 0.0661. The smallest absolute Gasteiger partial charge is 0.355 e. The number of nitro groups is 1. The molecule has 1 fully saturated rings. The second kappa shape index (κ2) is 11.8. The number of carbonyl (C=O) groups excluding carboxylic acids is 3. The number of thiophene rings is 1. The van der Waals surface area contributed by atoms with Crippen molar-refractivity contribution in [2.45, 2.75) is 48.8 Å². The molecule has 0 spiro atoms. The van der Waals surface area contributed by atoms with Crippen LogP contribution < -0.4 is 0 Å². The lowest BCUT2D eigenvalue weighted by Crippen LogP contribution is -2.70. The van der Waals surface area contributed by atoms with Crippen molar-refractivity contribution in [1.82, 2.24) is 14.8 Å². The van der Waals surface area contributed by atoms with E-state index in [9.17, 15) is 24.5 Å². The lowest BCUT2D eigenvalue weighted by Gasteiger charge is -2.51. The first-order valence-corrected chi connectivity index (χ1v) is 15.9. The Labute approximate surface area is 263 Å². The molecule has 2 aromatic heterocycles. The maximum absolute atomic E-state index is 13.7. The molecule has 3 aliphatic rings. The van der Waals surface area contributed by atoms with E-state index in [1.54, 1.807) is 22.9 Å². The summed E-state index contributed by atoms with van der Waals surface area (Å²) in [5.41, 5.74) is 2.87. The zero-order valence-corrected chi connectivity index (χ0v) is 26.0. The van der Waals surface area contributed by atoms with Crippen LogP contribution >= 0.6 is 39.0 Å². The van der Waals surface area contributed by atoms with Crippen molar-refractivity contribution < 1.29 is 28.8 Å². The average Bonchev–Trinajstić information content (AvgIpc) is 3.62. The number of ether oxygens (including phenoxy) is 2. The summed E-state index contributed by atoms with van der Waals surface area (Å²) in [7, 11) is 0. The molecule has 43 heavy (non-hydrogen) atoms. The van der Waals surface area contributed by atoms with Crippen LogP contribution in [-0.2, 0) is 50.0 Å². The van der Waals surface area contributed by atoms with Gasteiger partial charge >= 0.3 is 11.9 Å². The summed E-state index contributed by atoms with van der Waals surface area (Å²) in [5.74, 6) is -1.62. The lowest BCUT2D eigenvalue weighted by atomic mass is 9.89. The normalized spacial score (nSPS) is 21.7. The van der Waals surface area contributed by atoms with Gasteiger partial charge in [0.05, 0.1) is 4.92 Å². The van der Waals surface area contributed by atoms with Crippen LogP contribution in [0.15, 0.2) is 66.0 Å². The minimum Gasteiger partial charge on any atom is -0.456 e. The number of amides is 1. The van der Waals surface area contributed by atoms with Crippen LogP contribution in [0.3, 0.4) is 0 Å². The van der Waals surface area contributed by atoms with Crippen molar-refractivity contribution in [3.63, 3.8) is 0 Å². The van der Waals surface area contributed by atoms with E-state index in [1.165, 1.54) is 52.7 Å². The number of pyridine rings is 1. The molecule has 0 N–H and O–H groups in total. The van der Waals surface area contributed by atoms with Crippen LogP contribution in [0.5, 0.6) is 0 Å². The third-order valence-electron chi connectivity index (χ3n) is 7.45. The molecule has 14 heteroatoms. The number of carbonyl (C=O) groups is 3. The molecule has 6 rings (SSSR count). The SMILES string of the molecule is CC(=O)OC(c1cc2c(s1)CCN(Cc1cccnc1)C2)C1(Br)C(=O)N2C(C(=O)OCc3ccc([N+](=O)[O-])cc3)=CS[C@@H]21. The molecule has 0 aliphatic carbocycles. The van der Waals surface area contributed by atoms with Crippen LogP contribution in [0.1, 0.15) is 39.5 Å². The summed E-state index contributed by atoms with van der Waals surface area (Å²) in [6, 6.07) is 11.7. The monoisotopic (exact) mass is 684 g/mol. The number of rotatable bonds is 9. The topological polar surface area (TPSA) is 132 Å². The Morgan fingerprint density at radius 2 is 2.05 bits per heavy atom. The highest BCUT2D eigenvalue weighted by molar-refractivity contribution is 9.10. The minimum atomic E-state index is -1.27. The van der Waals surface area contributed by atoms with Crippen molar-refractivity contribution in [3.8, 4) is 0 Å². The standard InChI is InChI=1S/C29H25BrN4O7S2/c1-17(35)41-25(24-11-20-14-32(10-8-23(20)43-24)13-19-3-2-9-31-12-19)29(30)27(37)33-22(16-42-28(29)33)26(36)40-15-18-4-6-21(7-5-18)34(38)39/h2-7,9,11-12,16,25,28H,8,10,13-15H2,1H3/t25?,28-,29?/m1/s1. The highest BCUT2D eigenvalue weighted by Gasteiger charge is 2.69. The van der Waals surface area contributed by atoms with E-state index in [1.807, 2.05) is 24.4 Å². The molecule has 0 bridgehead atoms. The molecule has 1 aromatic carbocycles. The molecule has 1 saturated heterocycles. The summed E-state index contributed by atoms with van der Waals surface area (Å²) >= 11 is 6.47. The lowest BCUT2D eigenvalue weighted by molar-refractivity contribution is -0.384. The third kappa shape index (κ3) is 5.59. The third-order valence-corrected chi connectivity index (χ3v) is 11.4. The van der Waals surface area contributed by atoms with Gasteiger partial charge in [0.1, 0.15) is 17.7 Å². The predicted octanol–water partition coefficient (Wildman–Crippen LogP) is 4.85. The fourth-order valence-corrected chi connectivity index (χ4v) is 9.08. The van der Waals surface area contributed by atoms with Gasteiger partial charge in [-0.1, -0.05) is 22.0 Å². The van der Waals surface area contributed by atoms with Gasteiger partial charge in [0.2, 0.25) is 0 Å². The van der Waals surface area contributed by atoms with E-state index >= 15 is 0 Å². The number of β-lactam (4-membered cyclic amide) rings is 1. The van der Waals surface area contributed by atoms with Crippen LogP contribution in [0, 0.1) is 10.1 Å². The van der Waals surface area contributed by atoms with Crippen molar-refractivity contribution in [2.75, 3.05) is 6.54 Å². The van der Waals surface area contributed by atoms with Crippen LogP contribution in [0.25, 0.3) is 0 Å². The van der Waals surface area contributed by atoms with Crippen LogP contribution in [0.2, 0.25) is 0 Å². The summed E-state index contributed by atoms with van der Waals surface area (Å²) in [4.78, 5) is 59.1. The van der Waals surface area contributed by atoms with Crippen molar-refractivity contribution in [3.05, 3.63) is 103 Å². The Morgan fingerprint density at radius 3 is 2.74 bits per heavy atom. The second-order valence-electron chi connectivity index (χ2n) is 10.3. The molecular formula is C29H25BrN4O7S2. The molecule has 5 heterocycles. The second-order valence-corrected chi connectivity index (χ2v) is 13.8. The number of benzene rings is 1. The van der Waals surface area contributed by atoms with Crippen LogP contribution in [0.4, 0.5) is 5.69 Å². The highest BCUT2D eigenvalue weighted by Crippen LogP contribution is 2.59. The van der Waals surface area contributed by atoms with Crippen molar-refractivity contribution in [1.29, 1.82) is 0 Å². The largest absolute Gasteiger partial charge is 0.456 e. The van der Waals surface area contributed by atoms with Gasteiger partial charge in [0, 0.05) is 66.2 Å². The highest BCUT2D eigenvalue weighted by atomic mass is 79.9. The molecule has 3 atom stereocenters. The van der Waals surface area contributed by atoms with E-state index < -0.39 is 38.6 Å². The van der Waals surface area contributed by atoms with Gasteiger partial charge in [0.15, 0.2) is 10.4 Å². The zero-order chi connectivity index (χ0) is 30.3. The Balaban J connectivity index is 1.15. The Morgan fingerprint density at radius 1 is 1.26 bits per heavy atom. The van der Waals surface area contributed by atoms with E-state index in [0.29, 0.717) is 5.56 Å². The Bertz CT molecular complexity index is 1630. The number of non-ortho nitro benzene ring substituents is 1. The summed E-state index contributed by atoms with van der Waals surface area (Å²) in [5, 5.41) is 11.9. The quantitative estimate of drug-likeness (QED) is 0.101. The number of hydrogen-bond donors (Lipinski definition) is 0. The summed E-state index contributed by atoms with van der Waals surface area (Å²) in [6.45, 7) is 3.58. The molecule has 3 aliphatic heterocycles. The maximum atomic E-state index is 13.7. The zero-order valence-electron chi connectivity index (χ0n) is 22.8. The number of thioether (sulfide) groups is 1. The maximum Gasteiger partial charge on any atom is 0.355 e. The van der Waals surface area contributed by atoms with Crippen molar-refractivity contribution >= 4 is 62.6 Å². The van der Waals surface area contributed by atoms with Gasteiger partial charge in [-0.25, -0.2) is 4.79 Å². The fourth-order valence-electron chi connectivity index (χ4n) is 5.37. The predicted molar refractivity (Wildman–Crippen MR) is 162 cm³/mol. The van der Waals surface area contributed by atoms with Crippen molar-refractivity contribution in [2.24, 2.45) is 0 Å². The number of fused-ring (bicyclic) bond motifs is 2. The first-order chi connectivity index (χ1) is 20.6. The van der Waals surface area contributed by atoms with E-state index in [4.69, 9.17) is 9.47 Å².